The van der Waals surface area contributed by atoms with Gasteiger partial charge in [-0.05, 0) is 11.6 Å². The smallest absolute Gasteiger partial charge is 0.278 e. The minimum atomic E-state index is 0. The van der Waals surface area contributed by atoms with Gasteiger partial charge in [-0.25, -0.2) is 9.55 Å². The molecule has 0 radical (unpaired) electrons. The van der Waals surface area contributed by atoms with Gasteiger partial charge in [0.15, 0.2) is 0 Å². The van der Waals surface area contributed by atoms with Crippen LogP contribution in [0.2, 0.25) is 0 Å². The van der Waals surface area contributed by atoms with E-state index in [1.165, 1.54) is 5.56 Å². The Morgan fingerprint density at radius 1 is 1.13 bits per heavy atom. The van der Waals surface area contributed by atoms with Gasteiger partial charge in [-0.2, -0.15) is 0 Å². The van der Waals surface area contributed by atoms with Crippen molar-refractivity contribution in [3.8, 4) is 0 Å². The Morgan fingerprint density at radius 2 is 1.87 bits per heavy atom. The van der Waals surface area contributed by atoms with Crippen molar-refractivity contribution in [1.82, 2.24) is 4.98 Å². The number of rotatable bonds is 2. The van der Waals surface area contributed by atoms with Crippen molar-refractivity contribution < 1.29 is 17.0 Å². The molecule has 2 aromatic rings. The van der Waals surface area contributed by atoms with Gasteiger partial charge in [-0.15, -0.1) is 0 Å². The first-order chi connectivity index (χ1) is 6.86. The van der Waals surface area contributed by atoms with E-state index in [9.17, 15) is 0 Å². The van der Waals surface area contributed by atoms with Gasteiger partial charge in [0, 0.05) is 6.08 Å². The average Bonchev–Trinajstić information content (AvgIpc) is 2.63. The van der Waals surface area contributed by atoms with Gasteiger partial charge < -0.3 is 12.4 Å². The number of imidazole rings is 1. The number of H-pyrrole nitrogens is 1. The van der Waals surface area contributed by atoms with E-state index < -0.39 is 0 Å². The maximum absolute atomic E-state index is 3.15. The van der Waals surface area contributed by atoms with E-state index in [1.54, 1.807) is 0 Å². The predicted octanol–water partition coefficient (Wildman–Crippen LogP) is -0.986. The molecule has 0 fully saturated rings. The topological polar surface area (TPSA) is 19.7 Å². The molecule has 1 heterocycles. The van der Waals surface area contributed by atoms with Crippen molar-refractivity contribution in [3.05, 3.63) is 54.1 Å². The number of aromatic nitrogens is 2. The molecule has 78 valence electrons. The van der Waals surface area contributed by atoms with Gasteiger partial charge in [-0.1, -0.05) is 30.3 Å². The Balaban J connectivity index is 0.00000112. The highest BCUT2D eigenvalue weighted by Gasteiger charge is 1.99. The largest absolute Gasteiger partial charge is 1.00 e. The molecule has 0 bridgehead atoms. The molecule has 1 aromatic heterocycles. The van der Waals surface area contributed by atoms with Gasteiger partial charge in [0.25, 0.3) is 5.82 Å². The third kappa shape index (κ3) is 2.96. The van der Waals surface area contributed by atoms with E-state index in [0.717, 1.165) is 5.82 Å². The van der Waals surface area contributed by atoms with Crippen LogP contribution in [0, 0.1) is 0 Å². The van der Waals surface area contributed by atoms with Crippen molar-refractivity contribution in [2.45, 2.75) is 0 Å². The molecule has 0 aliphatic heterocycles. The summed E-state index contributed by atoms with van der Waals surface area (Å²) in [6, 6.07) is 10.3. The molecule has 3 heteroatoms. The Bertz CT molecular complexity index is 432. The Kier molecular flexibility index (Phi) is 4.13. The van der Waals surface area contributed by atoms with Crippen LogP contribution in [0.4, 0.5) is 0 Å². The quantitative estimate of drug-likeness (QED) is 0.628. The minimum absolute atomic E-state index is 0. The predicted molar refractivity (Wildman–Crippen MR) is 57.3 cm³/mol. The molecule has 0 spiro atoms. The van der Waals surface area contributed by atoms with Crippen LogP contribution in [0.25, 0.3) is 12.2 Å². The molecule has 2 rings (SSSR count). The number of benzene rings is 1. The zero-order chi connectivity index (χ0) is 9.80. The van der Waals surface area contributed by atoms with Crippen molar-refractivity contribution >= 4 is 12.2 Å². The zero-order valence-electron chi connectivity index (χ0n) is 8.52. The normalized spacial score (nSPS) is 10.2. The molecule has 2 nitrogen and oxygen atoms in total. The molecule has 15 heavy (non-hydrogen) atoms. The van der Waals surface area contributed by atoms with Gasteiger partial charge in [0.2, 0.25) is 0 Å². The summed E-state index contributed by atoms with van der Waals surface area (Å²) in [5, 5.41) is 0. The highest BCUT2D eigenvalue weighted by molar-refractivity contribution is 5.65. The number of hydrogen-bond acceptors (Lipinski definition) is 0. The summed E-state index contributed by atoms with van der Waals surface area (Å²) in [5.74, 6) is 1.09. The van der Waals surface area contributed by atoms with Crippen LogP contribution < -0.4 is 17.0 Å². The molecule has 0 aliphatic rings. The molecule has 1 N–H and O–H groups in total. The Morgan fingerprint density at radius 3 is 2.47 bits per heavy atom. The van der Waals surface area contributed by atoms with Crippen LogP contribution >= 0.6 is 0 Å². The first-order valence-electron chi connectivity index (χ1n) is 4.62. The van der Waals surface area contributed by atoms with Gasteiger partial charge in [0.05, 0.1) is 7.05 Å². The molecule has 0 unspecified atom stereocenters. The number of nitrogens with zero attached hydrogens (tertiary/aromatic N) is 1. The van der Waals surface area contributed by atoms with Crippen LogP contribution in [-0.4, -0.2) is 4.98 Å². The molecule has 0 saturated heterocycles. The maximum atomic E-state index is 3.15. The first-order valence-corrected chi connectivity index (χ1v) is 4.62. The molecule has 0 amide bonds. The molecule has 0 atom stereocenters. The third-order valence-corrected chi connectivity index (χ3v) is 2.14. The number of aromatic amines is 1. The lowest BCUT2D eigenvalue weighted by atomic mass is 10.2. The molecule has 0 saturated carbocycles. The molecule has 1 aromatic carbocycles. The van der Waals surface area contributed by atoms with Crippen molar-refractivity contribution in [2.24, 2.45) is 7.05 Å². The van der Waals surface area contributed by atoms with E-state index in [-0.39, 0.29) is 12.4 Å². The summed E-state index contributed by atoms with van der Waals surface area (Å²) in [7, 11) is 2.02. The van der Waals surface area contributed by atoms with Gasteiger partial charge >= 0.3 is 0 Å². The molecule has 0 aliphatic carbocycles. The van der Waals surface area contributed by atoms with E-state index in [1.807, 2.05) is 42.2 Å². The van der Waals surface area contributed by atoms with E-state index in [0.29, 0.717) is 0 Å². The minimum Gasteiger partial charge on any atom is -1.00 e. The highest BCUT2D eigenvalue weighted by Crippen LogP contribution is 2.03. The number of nitrogens with one attached hydrogen (secondary N) is 1. The second-order valence-electron chi connectivity index (χ2n) is 3.20. The summed E-state index contributed by atoms with van der Waals surface area (Å²) in [6.45, 7) is 0. The fraction of sp³-hybridized carbons (Fsp3) is 0.0833. The summed E-state index contributed by atoms with van der Waals surface area (Å²) in [5.41, 5.74) is 1.21. The van der Waals surface area contributed by atoms with E-state index >= 15 is 0 Å². The zero-order valence-corrected chi connectivity index (χ0v) is 9.28. The lowest BCUT2D eigenvalue weighted by molar-refractivity contribution is -0.671. The van der Waals surface area contributed by atoms with Crippen LogP contribution in [0.5, 0.6) is 0 Å². The standard InChI is InChI=1S/C12H12N2.ClH/c1-14-10-9-13-12(14)8-7-11-5-3-2-4-6-11;/h2-10H,1H3;1H. The lowest BCUT2D eigenvalue weighted by Gasteiger charge is -1.89. The van der Waals surface area contributed by atoms with Crippen molar-refractivity contribution in [1.29, 1.82) is 0 Å². The summed E-state index contributed by atoms with van der Waals surface area (Å²) < 4.78 is 2.04. The van der Waals surface area contributed by atoms with E-state index in [2.05, 4.69) is 29.3 Å². The fourth-order valence-corrected chi connectivity index (χ4v) is 1.32. The number of halogens is 1. The number of hydrogen-bond donors (Lipinski definition) is 1. The van der Waals surface area contributed by atoms with Gasteiger partial charge in [-0.3, -0.25) is 0 Å². The molecular formula is C12H13ClN2. The monoisotopic (exact) mass is 220 g/mol. The number of aryl methyl sites for hydroxylation is 1. The average molecular weight is 221 g/mol. The van der Waals surface area contributed by atoms with Crippen LogP contribution in [0.1, 0.15) is 11.4 Å². The van der Waals surface area contributed by atoms with E-state index in [4.69, 9.17) is 0 Å². The Labute approximate surface area is 95.7 Å². The van der Waals surface area contributed by atoms with Crippen molar-refractivity contribution in [3.63, 3.8) is 0 Å². The van der Waals surface area contributed by atoms with Gasteiger partial charge in [0.1, 0.15) is 12.4 Å². The summed E-state index contributed by atoms with van der Waals surface area (Å²) in [6.07, 6.45) is 8.07. The summed E-state index contributed by atoms with van der Waals surface area (Å²) in [4.78, 5) is 3.15. The first kappa shape index (κ1) is 11.5. The van der Waals surface area contributed by atoms with Crippen LogP contribution in [0.15, 0.2) is 42.7 Å². The lowest BCUT2D eigenvalue weighted by Crippen LogP contribution is -3.00. The van der Waals surface area contributed by atoms with Crippen molar-refractivity contribution in [2.75, 3.05) is 0 Å². The Hall–Kier alpha value is -1.54. The second kappa shape index (κ2) is 5.37. The SMILES string of the molecule is C[n+]1cc[nH]c1C=Cc1ccccc1.[Cl-]. The van der Waals surface area contributed by atoms with Crippen LogP contribution in [-0.2, 0) is 7.05 Å². The second-order valence-corrected chi connectivity index (χ2v) is 3.20. The van der Waals surface area contributed by atoms with Crippen LogP contribution in [0.3, 0.4) is 0 Å². The summed E-state index contributed by atoms with van der Waals surface area (Å²) >= 11 is 0. The maximum Gasteiger partial charge on any atom is 0.278 e. The molecular weight excluding hydrogens is 208 g/mol. The third-order valence-electron chi connectivity index (χ3n) is 2.14. The fourth-order valence-electron chi connectivity index (χ4n) is 1.32. The highest BCUT2D eigenvalue weighted by atomic mass is 35.5.